The number of benzene rings is 1. The summed E-state index contributed by atoms with van der Waals surface area (Å²) in [6, 6.07) is 4.13. The number of aromatic nitrogens is 2. The number of fused-ring (bicyclic) bond motifs is 2. The molecular weight excluding hydrogens is 413 g/mol. The van der Waals surface area contributed by atoms with Gasteiger partial charge in [0.2, 0.25) is 0 Å². The third-order valence-corrected chi connectivity index (χ3v) is 6.21. The van der Waals surface area contributed by atoms with Gasteiger partial charge in [0.15, 0.2) is 5.75 Å². The van der Waals surface area contributed by atoms with Gasteiger partial charge < -0.3 is 24.6 Å². The number of aromatic carboxylic acids is 1. The summed E-state index contributed by atoms with van der Waals surface area (Å²) in [4.78, 5) is 20.7. The van der Waals surface area contributed by atoms with E-state index in [9.17, 15) is 14.3 Å². The Bertz CT molecular complexity index is 1190. The first kappa shape index (κ1) is 18.9. The van der Waals surface area contributed by atoms with Crippen LogP contribution in [0.2, 0.25) is 0 Å². The van der Waals surface area contributed by atoms with Crippen molar-refractivity contribution in [3.63, 3.8) is 0 Å². The lowest BCUT2D eigenvalue weighted by molar-refractivity contribution is 0.0385. The van der Waals surface area contributed by atoms with Crippen LogP contribution in [0.15, 0.2) is 36.4 Å². The summed E-state index contributed by atoms with van der Waals surface area (Å²) in [7, 11) is 0. The normalized spacial score (nSPS) is 20.3. The van der Waals surface area contributed by atoms with E-state index in [-0.39, 0.29) is 29.6 Å². The van der Waals surface area contributed by atoms with Crippen molar-refractivity contribution in [1.29, 1.82) is 0 Å². The van der Waals surface area contributed by atoms with Crippen molar-refractivity contribution in [2.45, 2.75) is 25.6 Å². The van der Waals surface area contributed by atoms with Gasteiger partial charge >= 0.3 is 5.97 Å². The molecule has 3 heterocycles. The van der Waals surface area contributed by atoms with Crippen LogP contribution >= 0.6 is 11.3 Å². The molecule has 1 aliphatic carbocycles. The van der Waals surface area contributed by atoms with Gasteiger partial charge in [-0.25, -0.2) is 19.2 Å². The first-order chi connectivity index (χ1) is 14.5. The van der Waals surface area contributed by atoms with Crippen molar-refractivity contribution >= 4 is 39.0 Å². The molecule has 0 radical (unpaired) electrons. The summed E-state index contributed by atoms with van der Waals surface area (Å²) < 4.78 is 30.8. The van der Waals surface area contributed by atoms with Gasteiger partial charge in [0, 0.05) is 12.5 Å². The number of carbonyl (C=O) groups is 1. The zero-order valence-electron chi connectivity index (χ0n) is 15.7. The zero-order chi connectivity index (χ0) is 20.8. The fourth-order valence-corrected chi connectivity index (χ4v) is 4.57. The van der Waals surface area contributed by atoms with Gasteiger partial charge in [0.1, 0.15) is 46.3 Å². The summed E-state index contributed by atoms with van der Waals surface area (Å²) in [5.41, 5.74) is 1.05. The standard InChI is InChI=1S/C20H16FN3O5S/c1-9-16-18(22-7-23-19(16)30-17(9)20(25)26)24-12-3-2-10(21)4-13(12)29-11-5-14-15(6-11)28-8-27-14/h2-5,7,14-15H,6,8H2,1H3,(H,25,26)(H,22,23,24). The largest absolute Gasteiger partial charge is 0.477 e. The van der Waals surface area contributed by atoms with Crippen molar-refractivity contribution in [2.24, 2.45) is 0 Å². The van der Waals surface area contributed by atoms with Crippen LogP contribution in [0, 0.1) is 12.7 Å². The van der Waals surface area contributed by atoms with Crippen LogP contribution in [0.3, 0.4) is 0 Å². The monoisotopic (exact) mass is 429 g/mol. The molecular formula is C20H16FN3O5S. The minimum absolute atomic E-state index is 0.0886. The summed E-state index contributed by atoms with van der Waals surface area (Å²) in [6.07, 6.45) is 3.47. The number of hydrogen-bond donors (Lipinski definition) is 2. The lowest BCUT2D eigenvalue weighted by Gasteiger charge is -2.14. The van der Waals surface area contributed by atoms with Crippen molar-refractivity contribution in [3.8, 4) is 5.75 Å². The molecule has 5 rings (SSSR count). The van der Waals surface area contributed by atoms with E-state index in [2.05, 4.69) is 15.3 Å². The Morgan fingerprint density at radius 1 is 1.37 bits per heavy atom. The topological polar surface area (TPSA) is 103 Å². The highest BCUT2D eigenvalue weighted by atomic mass is 32.1. The number of nitrogens with one attached hydrogen (secondary N) is 1. The Balaban J connectivity index is 1.49. The molecule has 2 unspecified atom stereocenters. The fraction of sp³-hybridized carbons (Fsp3) is 0.250. The number of ether oxygens (including phenoxy) is 3. The number of rotatable bonds is 5. The number of halogens is 1. The van der Waals surface area contributed by atoms with E-state index in [1.54, 1.807) is 13.0 Å². The third kappa shape index (κ3) is 3.28. The first-order valence-electron chi connectivity index (χ1n) is 9.15. The number of thiophene rings is 1. The van der Waals surface area contributed by atoms with Crippen LogP contribution in [0.5, 0.6) is 5.75 Å². The molecule has 10 heteroatoms. The van der Waals surface area contributed by atoms with Gasteiger partial charge in [-0.1, -0.05) is 0 Å². The molecule has 3 aromatic rings. The average molecular weight is 429 g/mol. The predicted octanol–water partition coefficient (Wildman–Crippen LogP) is 3.99. The van der Waals surface area contributed by atoms with Gasteiger partial charge in [-0.15, -0.1) is 11.3 Å². The van der Waals surface area contributed by atoms with Gasteiger partial charge in [-0.05, 0) is 30.7 Å². The number of nitrogens with zero attached hydrogens (tertiary/aromatic N) is 2. The maximum Gasteiger partial charge on any atom is 0.346 e. The Labute approximate surface area is 173 Å². The van der Waals surface area contributed by atoms with Gasteiger partial charge in [0.25, 0.3) is 0 Å². The highest BCUT2D eigenvalue weighted by molar-refractivity contribution is 7.20. The minimum atomic E-state index is -1.02. The molecule has 2 N–H and O–H groups in total. The molecule has 154 valence electrons. The molecule has 1 aromatic carbocycles. The molecule has 2 atom stereocenters. The van der Waals surface area contributed by atoms with Crippen LogP contribution in [-0.4, -0.2) is 40.0 Å². The van der Waals surface area contributed by atoms with Crippen molar-refractivity contribution in [3.05, 3.63) is 52.6 Å². The van der Waals surface area contributed by atoms with Gasteiger partial charge in [0.05, 0.1) is 17.2 Å². The second-order valence-corrected chi connectivity index (χ2v) is 7.92. The average Bonchev–Trinajstić information content (AvgIpc) is 3.38. The summed E-state index contributed by atoms with van der Waals surface area (Å²) >= 11 is 1.08. The summed E-state index contributed by atoms with van der Waals surface area (Å²) in [5, 5.41) is 13.1. The van der Waals surface area contributed by atoms with Crippen LogP contribution in [-0.2, 0) is 9.47 Å². The highest BCUT2D eigenvalue weighted by Crippen LogP contribution is 2.38. The van der Waals surface area contributed by atoms with Crippen molar-refractivity contribution in [1.82, 2.24) is 9.97 Å². The van der Waals surface area contributed by atoms with E-state index in [0.29, 0.717) is 39.5 Å². The second-order valence-electron chi connectivity index (χ2n) is 6.92. The molecule has 30 heavy (non-hydrogen) atoms. The highest BCUT2D eigenvalue weighted by Gasteiger charge is 2.35. The molecule has 1 aliphatic heterocycles. The Morgan fingerprint density at radius 3 is 3.03 bits per heavy atom. The van der Waals surface area contributed by atoms with Crippen LogP contribution in [0.4, 0.5) is 15.9 Å². The number of aryl methyl sites for hydroxylation is 1. The maximum absolute atomic E-state index is 13.9. The van der Waals surface area contributed by atoms with E-state index >= 15 is 0 Å². The third-order valence-electron chi connectivity index (χ3n) is 5.02. The van der Waals surface area contributed by atoms with Gasteiger partial charge in [-0.2, -0.15) is 0 Å². The molecule has 0 spiro atoms. The molecule has 1 saturated heterocycles. The summed E-state index contributed by atoms with van der Waals surface area (Å²) in [6.45, 7) is 1.97. The Kier molecular flexibility index (Phi) is 4.61. The lowest BCUT2D eigenvalue weighted by atomic mass is 10.2. The zero-order valence-corrected chi connectivity index (χ0v) is 16.5. The first-order valence-corrected chi connectivity index (χ1v) is 9.97. The van der Waals surface area contributed by atoms with Crippen molar-refractivity contribution in [2.75, 3.05) is 12.1 Å². The number of carboxylic acid groups (broad SMARTS) is 1. The smallest absolute Gasteiger partial charge is 0.346 e. The molecule has 8 nitrogen and oxygen atoms in total. The van der Waals surface area contributed by atoms with E-state index < -0.39 is 11.8 Å². The number of carboxylic acids is 1. The van der Waals surface area contributed by atoms with E-state index in [0.717, 1.165) is 11.3 Å². The van der Waals surface area contributed by atoms with Crippen LogP contribution in [0.1, 0.15) is 21.7 Å². The number of anilines is 2. The predicted molar refractivity (Wildman–Crippen MR) is 107 cm³/mol. The summed E-state index contributed by atoms with van der Waals surface area (Å²) in [5.74, 6) is -0.142. The molecule has 2 aliphatic rings. The van der Waals surface area contributed by atoms with Gasteiger partial charge in [-0.3, -0.25) is 0 Å². The Morgan fingerprint density at radius 2 is 2.23 bits per heavy atom. The number of hydrogen-bond acceptors (Lipinski definition) is 8. The molecule has 0 amide bonds. The maximum atomic E-state index is 13.9. The quantitative estimate of drug-likeness (QED) is 0.628. The molecule has 0 bridgehead atoms. The van der Waals surface area contributed by atoms with E-state index in [4.69, 9.17) is 14.2 Å². The molecule has 2 aromatic heterocycles. The van der Waals surface area contributed by atoms with E-state index in [1.165, 1.54) is 18.5 Å². The van der Waals surface area contributed by atoms with Crippen LogP contribution in [0.25, 0.3) is 10.2 Å². The molecule has 1 fully saturated rings. The Hall–Kier alpha value is -3.08. The second kappa shape index (κ2) is 7.31. The van der Waals surface area contributed by atoms with E-state index in [1.807, 2.05) is 6.08 Å². The fourth-order valence-electron chi connectivity index (χ4n) is 3.59. The minimum Gasteiger partial charge on any atom is -0.477 e. The SMILES string of the molecule is Cc1c(C(=O)O)sc2ncnc(Nc3ccc(F)cc3OC3=CC4OCOC4C3)c12. The lowest BCUT2D eigenvalue weighted by Crippen LogP contribution is -2.14. The van der Waals surface area contributed by atoms with Crippen molar-refractivity contribution < 1.29 is 28.5 Å². The molecule has 0 saturated carbocycles. The van der Waals surface area contributed by atoms with Crippen LogP contribution < -0.4 is 10.1 Å².